The number of ether oxygens (including phenoxy) is 6. The summed E-state index contributed by atoms with van der Waals surface area (Å²) < 4.78 is 33.0. The minimum absolute atomic E-state index is 0.0875. The molecule has 0 aromatic carbocycles. The lowest BCUT2D eigenvalue weighted by molar-refractivity contribution is -0.375. The third kappa shape index (κ3) is 7.42. The molecule has 0 saturated carbocycles. The Balaban J connectivity index is 1.82. The maximum absolute atomic E-state index is 11.6. The number of aliphatic hydroxyl groups is 9. The van der Waals surface area contributed by atoms with Crippen molar-refractivity contribution >= 4 is 5.91 Å². The number of nitrogens with one attached hydrogen (secondary N) is 1. The van der Waals surface area contributed by atoms with Crippen LogP contribution < -0.4 is 11.1 Å². The lowest BCUT2D eigenvalue weighted by atomic mass is 9.95. The fourth-order valence-corrected chi connectivity index (χ4v) is 4.73. The van der Waals surface area contributed by atoms with Crippen LogP contribution in [-0.4, -0.2) is 177 Å². The van der Waals surface area contributed by atoms with Crippen LogP contribution in [0.5, 0.6) is 0 Å². The Morgan fingerprint density at radius 2 is 1.32 bits per heavy atom. The lowest BCUT2D eigenvalue weighted by Gasteiger charge is -2.48. The van der Waals surface area contributed by atoms with Gasteiger partial charge in [0.25, 0.3) is 0 Å². The maximum Gasteiger partial charge on any atom is 0.217 e. The summed E-state index contributed by atoms with van der Waals surface area (Å²) in [6.45, 7) is -0.429. The number of rotatable bonds is 11. The summed E-state index contributed by atoms with van der Waals surface area (Å²) in [4.78, 5) is 11.6. The summed E-state index contributed by atoms with van der Waals surface area (Å²) in [5.41, 5.74) is 5.43. The highest BCUT2D eigenvalue weighted by atomic mass is 16.7. The number of hydrogen-bond acceptors (Lipinski definition) is 17. The van der Waals surface area contributed by atoms with Gasteiger partial charge in [0.05, 0.1) is 26.4 Å². The zero-order chi connectivity index (χ0) is 29.7. The third-order valence-electron chi connectivity index (χ3n) is 6.86. The van der Waals surface area contributed by atoms with Gasteiger partial charge in [-0.15, -0.1) is 0 Å². The maximum atomic E-state index is 11.6. The molecule has 3 saturated heterocycles. The lowest BCUT2D eigenvalue weighted by Crippen LogP contribution is -2.68. The summed E-state index contributed by atoms with van der Waals surface area (Å²) in [7, 11) is 0. The van der Waals surface area contributed by atoms with Crippen molar-refractivity contribution in [2.45, 2.75) is 99.0 Å². The third-order valence-corrected chi connectivity index (χ3v) is 6.86. The molecule has 3 aliphatic rings. The second-order valence-corrected chi connectivity index (χ2v) is 9.75. The van der Waals surface area contributed by atoms with Crippen molar-refractivity contribution in [2.75, 3.05) is 33.0 Å². The van der Waals surface area contributed by atoms with Crippen LogP contribution in [0.3, 0.4) is 0 Å². The molecule has 0 unspecified atom stereocenters. The molecule has 1 amide bonds. The van der Waals surface area contributed by atoms with Crippen molar-refractivity contribution < 1.29 is 79.2 Å². The highest BCUT2D eigenvalue weighted by molar-refractivity contribution is 5.73. The van der Waals surface area contributed by atoms with Crippen LogP contribution in [0.25, 0.3) is 0 Å². The molecule has 3 heterocycles. The van der Waals surface area contributed by atoms with Gasteiger partial charge < -0.3 is 85.4 Å². The molecule has 12 N–H and O–H groups in total. The van der Waals surface area contributed by atoms with E-state index in [0.717, 1.165) is 6.92 Å². The summed E-state index contributed by atoms with van der Waals surface area (Å²) in [5.74, 6) is -0.603. The molecule has 0 bridgehead atoms. The highest BCUT2D eigenvalue weighted by Crippen LogP contribution is 2.32. The van der Waals surface area contributed by atoms with E-state index >= 15 is 0 Å². The van der Waals surface area contributed by atoms with Crippen LogP contribution in [0.4, 0.5) is 0 Å². The molecule has 18 heteroatoms. The molecule has 3 rings (SSSR count). The molecule has 0 spiro atoms. The molecule has 0 aromatic rings. The molecule has 40 heavy (non-hydrogen) atoms. The zero-order valence-corrected chi connectivity index (χ0v) is 21.7. The number of carbonyl (C=O) groups excluding carboxylic acids is 1. The second-order valence-electron chi connectivity index (χ2n) is 9.75. The molecule has 0 aromatic heterocycles. The van der Waals surface area contributed by atoms with Crippen molar-refractivity contribution in [3.63, 3.8) is 0 Å². The average Bonchev–Trinajstić information content (AvgIpc) is 2.92. The van der Waals surface area contributed by atoms with Gasteiger partial charge in [-0.3, -0.25) is 4.79 Å². The van der Waals surface area contributed by atoms with E-state index in [1.165, 1.54) is 0 Å². The van der Waals surface area contributed by atoms with Gasteiger partial charge >= 0.3 is 0 Å². The Morgan fingerprint density at radius 3 is 1.90 bits per heavy atom. The average molecular weight is 589 g/mol. The molecule has 18 nitrogen and oxygen atoms in total. The summed E-state index contributed by atoms with van der Waals surface area (Å²) >= 11 is 0. The van der Waals surface area contributed by atoms with Gasteiger partial charge in [0.2, 0.25) is 5.91 Å². The molecular weight excluding hydrogens is 548 g/mol. The van der Waals surface area contributed by atoms with E-state index in [9.17, 15) is 50.8 Å². The van der Waals surface area contributed by atoms with E-state index in [-0.39, 0.29) is 19.8 Å². The van der Waals surface area contributed by atoms with E-state index < -0.39 is 111 Å². The predicted octanol–water partition coefficient (Wildman–Crippen LogP) is -7.45. The molecular formula is C22H40N2O16. The van der Waals surface area contributed by atoms with Crippen molar-refractivity contribution in [3.8, 4) is 0 Å². The smallest absolute Gasteiger partial charge is 0.217 e. The van der Waals surface area contributed by atoms with E-state index in [2.05, 4.69) is 5.32 Å². The van der Waals surface area contributed by atoms with Crippen molar-refractivity contribution in [1.29, 1.82) is 0 Å². The van der Waals surface area contributed by atoms with Gasteiger partial charge in [-0.05, 0) is 0 Å². The Labute approximate surface area is 228 Å². The first kappa shape index (κ1) is 33.3. The van der Waals surface area contributed by atoms with Crippen molar-refractivity contribution in [1.82, 2.24) is 5.32 Å². The van der Waals surface area contributed by atoms with Gasteiger partial charge in [0.15, 0.2) is 18.9 Å². The number of hydrogen-bond donors (Lipinski definition) is 11. The van der Waals surface area contributed by atoms with Gasteiger partial charge in [-0.1, -0.05) is 0 Å². The number of nitrogens with two attached hydrogens (primary N) is 1. The molecule has 0 aliphatic carbocycles. The zero-order valence-electron chi connectivity index (χ0n) is 21.7. The first-order chi connectivity index (χ1) is 18.9. The topological polar surface area (TPSA) is 293 Å². The second kappa shape index (κ2) is 14.8. The predicted molar refractivity (Wildman–Crippen MR) is 126 cm³/mol. The van der Waals surface area contributed by atoms with Crippen molar-refractivity contribution in [2.24, 2.45) is 5.73 Å². The number of carbonyl (C=O) groups is 1. The van der Waals surface area contributed by atoms with Crippen molar-refractivity contribution in [3.05, 3.63) is 0 Å². The minimum atomic E-state index is -1.89. The quantitative estimate of drug-likeness (QED) is 0.0999. The fourth-order valence-electron chi connectivity index (χ4n) is 4.73. The Hall–Kier alpha value is -1.17. The van der Waals surface area contributed by atoms with Crippen LogP contribution in [0, 0.1) is 0 Å². The molecule has 0 radical (unpaired) electrons. The van der Waals surface area contributed by atoms with Crippen LogP contribution in [0.15, 0.2) is 0 Å². The van der Waals surface area contributed by atoms with E-state index in [1.54, 1.807) is 0 Å². The van der Waals surface area contributed by atoms with Crippen LogP contribution in [0.2, 0.25) is 0 Å². The van der Waals surface area contributed by atoms with Gasteiger partial charge in [-0.2, -0.15) is 0 Å². The largest absolute Gasteiger partial charge is 0.394 e. The first-order valence-electron chi connectivity index (χ1n) is 12.8. The number of amides is 1. The molecule has 15 atom stereocenters. The first-order valence-corrected chi connectivity index (χ1v) is 12.8. The SMILES string of the molecule is CC(=O)N[C@@H]1[C@@H](O)[C@H](O[C@@H]2O[C@H](CO)[C@H](O)[C@H](O[C@H]3O[C@H](CO)[C@H](O)[C@H](O)[C@H]3O)[C@H]2O)[C@@H](COCCN)O[C@H]1O. The Kier molecular flexibility index (Phi) is 12.4. The molecule has 234 valence electrons. The Morgan fingerprint density at radius 1 is 0.750 bits per heavy atom. The monoisotopic (exact) mass is 588 g/mol. The fraction of sp³-hybridized carbons (Fsp3) is 0.955. The van der Waals surface area contributed by atoms with Crippen LogP contribution in [0.1, 0.15) is 6.92 Å². The molecule has 3 fully saturated rings. The van der Waals surface area contributed by atoms with Gasteiger partial charge in [-0.25, -0.2) is 0 Å². The molecule has 3 aliphatic heterocycles. The summed E-state index contributed by atoms with van der Waals surface area (Å²) in [6.07, 6.45) is -22.9. The van der Waals surface area contributed by atoms with E-state index in [1.807, 2.05) is 0 Å². The minimum Gasteiger partial charge on any atom is -0.394 e. The normalized spacial score (nSPS) is 46.2. The van der Waals surface area contributed by atoms with Gasteiger partial charge in [0, 0.05) is 13.5 Å². The summed E-state index contributed by atoms with van der Waals surface area (Å²) in [5, 5.41) is 95.0. The highest BCUT2D eigenvalue weighted by Gasteiger charge is 2.53. The number of aliphatic hydroxyl groups excluding tert-OH is 9. The van der Waals surface area contributed by atoms with Crippen LogP contribution in [-0.2, 0) is 33.2 Å². The summed E-state index contributed by atoms with van der Waals surface area (Å²) in [6, 6.07) is -1.37. The van der Waals surface area contributed by atoms with Crippen LogP contribution >= 0.6 is 0 Å². The van der Waals surface area contributed by atoms with E-state index in [0.29, 0.717) is 0 Å². The standard InChI is InChI=1S/C22H40N2O16/c1-7(27)24-11-14(30)18(10(36-20(11)34)6-35-3-2-23)39-22-17(33)19(13(29)9(5-26)38-22)40-21-16(32)15(31)12(28)8(4-25)37-21/h8-22,25-26,28-34H,2-6,23H2,1H3,(H,24,27)/t8-,9-,10-,11-,12+,13+,14-,15+,16-,17-,18-,19+,20-,21-,22+/m1/s1. The Bertz CT molecular complexity index is 796. The van der Waals surface area contributed by atoms with Gasteiger partial charge in [0.1, 0.15) is 73.2 Å². The van der Waals surface area contributed by atoms with E-state index in [4.69, 9.17) is 34.2 Å².